The topological polar surface area (TPSA) is 237 Å². The molecular formula is C76H148O17P2. The normalized spacial score (nSPS) is 14.1. The number of aliphatic hydroxyl groups excluding tert-OH is 1. The minimum Gasteiger partial charge on any atom is -0.462 e. The van der Waals surface area contributed by atoms with Crippen LogP contribution in [0.5, 0.6) is 0 Å². The van der Waals surface area contributed by atoms with Crippen molar-refractivity contribution in [3.05, 3.63) is 0 Å². The van der Waals surface area contributed by atoms with E-state index in [1.165, 1.54) is 193 Å². The van der Waals surface area contributed by atoms with E-state index >= 15 is 0 Å². The summed E-state index contributed by atoms with van der Waals surface area (Å²) in [6.07, 6.45) is 52.8. The fourth-order valence-corrected chi connectivity index (χ4v) is 13.2. The van der Waals surface area contributed by atoms with Gasteiger partial charge in [-0.2, -0.15) is 0 Å². The maximum absolute atomic E-state index is 13.1. The van der Waals surface area contributed by atoms with Crippen LogP contribution in [0.1, 0.15) is 389 Å². The first kappa shape index (κ1) is 93.1. The highest BCUT2D eigenvalue weighted by atomic mass is 31.2. The van der Waals surface area contributed by atoms with Crippen molar-refractivity contribution >= 4 is 39.5 Å². The molecular weight excluding hydrogens is 1250 g/mol. The minimum atomic E-state index is -4.96. The minimum absolute atomic E-state index is 0.107. The molecule has 0 aromatic carbocycles. The number of carbonyl (C=O) groups excluding carboxylic acids is 4. The summed E-state index contributed by atoms with van der Waals surface area (Å²) in [6.45, 7) is 11.9. The molecule has 3 N–H and O–H groups in total. The van der Waals surface area contributed by atoms with Crippen LogP contribution in [-0.2, 0) is 65.4 Å². The second-order valence-corrected chi connectivity index (χ2v) is 31.7. The third kappa shape index (κ3) is 70.3. The summed E-state index contributed by atoms with van der Waals surface area (Å²) in [6, 6.07) is 0. The summed E-state index contributed by atoms with van der Waals surface area (Å²) >= 11 is 0. The monoisotopic (exact) mass is 1400 g/mol. The second-order valence-electron chi connectivity index (χ2n) is 28.8. The summed E-state index contributed by atoms with van der Waals surface area (Å²) < 4.78 is 68.5. The Morgan fingerprint density at radius 3 is 0.716 bits per heavy atom. The van der Waals surface area contributed by atoms with E-state index in [1.807, 2.05) is 0 Å². The summed E-state index contributed by atoms with van der Waals surface area (Å²) in [5, 5.41) is 10.6. The smallest absolute Gasteiger partial charge is 0.462 e. The average Bonchev–Trinajstić information content (AvgIpc) is 1.21. The number of ether oxygens (including phenoxy) is 4. The zero-order valence-corrected chi connectivity index (χ0v) is 63.9. The Labute approximate surface area is 581 Å². The first-order valence-electron chi connectivity index (χ1n) is 39.3. The molecule has 0 aromatic rings. The Hall–Kier alpha value is -1.94. The van der Waals surface area contributed by atoms with Gasteiger partial charge in [0.1, 0.15) is 19.3 Å². The zero-order chi connectivity index (χ0) is 70.1. The lowest BCUT2D eigenvalue weighted by atomic mass is 10.0. The third-order valence-corrected chi connectivity index (χ3v) is 19.5. The van der Waals surface area contributed by atoms with Gasteiger partial charge in [0, 0.05) is 25.7 Å². The number of hydrogen-bond acceptors (Lipinski definition) is 15. The number of rotatable bonds is 74. The van der Waals surface area contributed by atoms with Gasteiger partial charge in [-0.15, -0.1) is 0 Å². The van der Waals surface area contributed by atoms with Crippen LogP contribution in [-0.4, -0.2) is 96.7 Å². The number of phosphoric ester groups is 2. The fraction of sp³-hybridized carbons (Fsp3) is 0.947. The molecule has 95 heavy (non-hydrogen) atoms. The van der Waals surface area contributed by atoms with Gasteiger partial charge in [-0.25, -0.2) is 9.13 Å². The van der Waals surface area contributed by atoms with E-state index in [1.54, 1.807) is 0 Å². The van der Waals surface area contributed by atoms with Crippen molar-refractivity contribution in [3.8, 4) is 0 Å². The molecule has 19 heteroatoms. The van der Waals surface area contributed by atoms with Gasteiger partial charge < -0.3 is 33.8 Å². The van der Waals surface area contributed by atoms with Gasteiger partial charge in [0.25, 0.3) is 0 Å². The molecule has 0 aromatic heterocycles. The van der Waals surface area contributed by atoms with Crippen molar-refractivity contribution in [2.45, 2.75) is 407 Å². The highest BCUT2D eigenvalue weighted by molar-refractivity contribution is 7.47. The molecule has 0 heterocycles. The number of hydrogen-bond donors (Lipinski definition) is 3. The van der Waals surface area contributed by atoms with Gasteiger partial charge in [0.15, 0.2) is 12.2 Å². The molecule has 17 nitrogen and oxygen atoms in total. The number of esters is 4. The number of unbranched alkanes of at least 4 members (excludes halogenated alkanes) is 42. The Morgan fingerprint density at radius 2 is 0.484 bits per heavy atom. The molecule has 2 unspecified atom stereocenters. The van der Waals surface area contributed by atoms with Crippen LogP contribution in [0.3, 0.4) is 0 Å². The molecule has 0 radical (unpaired) electrons. The molecule has 0 rings (SSSR count). The summed E-state index contributed by atoms with van der Waals surface area (Å²) in [5.74, 6) is 0.138. The van der Waals surface area contributed by atoms with Gasteiger partial charge >= 0.3 is 39.5 Å². The van der Waals surface area contributed by atoms with E-state index in [4.69, 9.17) is 37.0 Å². The van der Waals surface area contributed by atoms with E-state index in [9.17, 15) is 43.2 Å². The molecule has 5 atom stereocenters. The Bertz CT molecular complexity index is 1850. The lowest BCUT2D eigenvalue weighted by Crippen LogP contribution is -2.30. The SMILES string of the molecule is CCCCCCCCCCCCCCCCC(=O)O[C@H](COC(=O)CCCCCCCCC(C)C)COP(=O)(O)OC[C@H](O)COP(=O)(O)OC[C@@H](COC(=O)CCCCCCCCCCCCCCC(C)C)OC(=O)CCCCCCCCCCCCCCCCC(C)C. The molecule has 0 aliphatic carbocycles. The Kier molecular flexibility index (Phi) is 65.2. The largest absolute Gasteiger partial charge is 0.472 e. The third-order valence-electron chi connectivity index (χ3n) is 17.6. The quantitative estimate of drug-likeness (QED) is 0.0222. The van der Waals surface area contributed by atoms with E-state index in [0.29, 0.717) is 31.6 Å². The number of carbonyl (C=O) groups is 4. The van der Waals surface area contributed by atoms with E-state index < -0.39 is 97.5 Å². The highest BCUT2D eigenvalue weighted by Crippen LogP contribution is 2.45. The van der Waals surface area contributed by atoms with Crippen LogP contribution in [0.4, 0.5) is 0 Å². The van der Waals surface area contributed by atoms with Crippen LogP contribution in [0, 0.1) is 17.8 Å². The van der Waals surface area contributed by atoms with Crippen molar-refractivity contribution in [3.63, 3.8) is 0 Å². The predicted molar refractivity (Wildman–Crippen MR) is 386 cm³/mol. The van der Waals surface area contributed by atoms with E-state index in [-0.39, 0.29) is 25.7 Å². The summed E-state index contributed by atoms with van der Waals surface area (Å²) in [5.41, 5.74) is 0. The number of aliphatic hydroxyl groups is 1. The van der Waals surface area contributed by atoms with Crippen molar-refractivity contribution in [1.82, 2.24) is 0 Å². The van der Waals surface area contributed by atoms with Crippen LogP contribution < -0.4 is 0 Å². The van der Waals surface area contributed by atoms with Crippen LogP contribution in [0.2, 0.25) is 0 Å². The first-order valence-corrected chi connectivity index (χ1v) is 42.3. The molecule has 0 aliphatic heterocycles. The average molecular weight is 1400 g/mol. The molecule has 564 valence electrons. The van der Waals surface area contributed by atoms with Crippen molar-refractivity contribution in [2.24, 2.45) is 17.8 Å². The first-order chi connectivity index (χ1) is 45.7. The van der Waals surface area contributed by atoms with Crippen LogP contribution in [0.25, 0.3) is 0 Å². The Balaban J connectivity index is 5.24. The molecule has 0 fully saturated rings. The maximum Gasteiger partial charge on any atom is 0.472 e. The van der Waals surface area contributed by atoms with E-state index in [0.717, 1.165) is 108 Å². The summed E-state index contributed by atoms with van der Waals surface area (Å²) in [7, 11) is -9.91. The second kappa shape index (κ2) is 66.6. The summed E-state index contributed by atoms with van der Waals surface area (Å²) in [4.78, 5) is 72.8. The predicted octanol–water partition coefficient (Wildman–Crippen LogP) is 22.2. The molecule has 0 saturated heterocycles. The fourth-order valence-electron chi connectivity index (χ4n) is 11.6. The van der Waals surface area contributed by atoms with Crippen molar-refractivity contribution < 1.29 is 80.2 Å². The van der Waals surface area contributed by atoms with Crippen molar-refractivity contribution in [1.29, 1.82) is 0 Å². The van der Waals surface area contributed by atoms with Gasteiger partial charge in [0.2, 0.25) is 0 Å². The van der Waals surface area contributed by atoms with Gasteiger partial charge in [0.05, 0.1) is 26.4 Å². The van der Waals surface area contributed by atoms with Crippen LogP contribution in [0.15, 0.2) is 0 Å². The Morgan fingerprint density at radius 1 is 0.284 bits per heavy atom. The van der Waals surface area contributed by atoms with Crippen molar-refractivity contribution in [2.75, 3.05) is 39.6 Å². The molecule has 0 saturated carbocycles. The highest BCUT2D eigenvalue weighted by Gasteiger charge is 2.30. The van der Waals surface area contributed by atoms with Crippen LogP contribution >= 0.6 is 15.6 Å². The molecule has 0 aliphatic rings. The molecule has 0 bridgehead atoms. The van der Waals surface area contributed by atoms with Gasteiger partial charge in [-0.1, -0.05) is 337 Å². The lowest BCUT2D eigenvalue weighted by Gasteiger charge is -2.21. The van der Waals surface area contributed by atoms with Gasteiger partial charge in [-0.05, 0) is 43.4 Å². The standard InChI is InChI=1S/C76H148O17P2/c1-8-9-10-11-12-13-14-15-19-26-31-36-45-52-59-76(81)93-72(64-87-74(79)58-51-44-39-38-42-49-56-69(6)7)66-91-95(84,85)89-62-70(77)61-88-94(82,83)90-65-71(63-86-73(78)57-50-43-35-30-25-22-21-24-29-34-41-48-55-68(4)5)92-75(80)60-53-46-37-32-27-20-17-16-18-23-28-33-40-47-54-67(2)3/h67-72,77H,8-66H2,1-7H3,(H,82,83)(H,84,85)/t70-,71-,72-/m1/s1. The van der Waals surface area contributed by atoms with Gasteiger partial charge in [-0.3, -0.25) is 37.3 Å². The lowest BCUT2D eigenvalue weighted by molar-refractivity contribution is -0.161. The molecule has 0 amide bonds. The van der Waals surface area contributed by atoms with E-state index in [2.05, 4.69) is 48.5 Å². The molecule has 0 spiro atoms. The number of phosphoric acid groups is 2. The zero-order valence-electron chi connectivity index (χ0n) is 62.1. The maximum atomic E-state index is 13.1.